The molecule has 0 radical (unpaired) electrons. The summed E-state index contributed by atoms with van der Waals surface area (Å²) in [6.07, 6.45) is 3.91. The fraction of sp³-hybridized carbons (Fsp3) is 0.400. The Bertz CT molecular complexity index is 377. The lowest BCUT2D eigenvalue weighted by molar-refractivity contribution is -0.621. The molecule has 0 unspecified atom stereocenters. The maximum atomic E-state index is 11.2. The van der Waals surface area contributed by atoms with Crippen LogP contribution in [0.1, 0.15) is 26.0 Å². The van der Waals surface area contributed by atoms with E-state index in [1.54, 1.807) is 17.2 Å². The third-order valence-electron chi connectivity index (χ3n) is 2.29. The predicted octanol–water partition coefficient (Wildman–Crippen LogP) is 0.924. The van der Waals surface area contributed by atoms with Crippen molar-refractivity contribution < 1.29 is 13.9 Å². The van der Waals surface area contributed by atoms with Gasteiger partial charge < -0.3 is 4.42 Å². The second kappa shape index (κ2) is 2.97. The largest absolute Gasteiger partial charge is 0.459 e. The minimum Gasteiger partial charge on any atom is -0.459 e. The molecule has 1 aliphatic rings. The molecule has 0 atom stereocenters. The van der Waals surface area contributed by atoms with Gasteiger partial charge in [0, 0.05) is 13.8 Å². The van der Waals surface area contributed by atoms with Crippen molar-refractivity contribution in [2.24, 2.45) is 0 Å². The number of rotatable bonds is 1. The van der Waals surface area contributed by atoms with E-state index < -0.39 is 0 Å². The van der Waals surface area contributed by atoms with Gasteiger partial charge in [0.15, 0.2) is 11.3 Å². The first kappa shape index (κ1) is 8.99. The molecule has 1 fully saturated rings. The highest BCUT2D eigenvalue weighted by molar-refractivity contribution is 5.79. The number of hydrazine groups is 1. The zero-order chi connectivity index (χ0) is 10.2. The normalized spacial score (nSPS) is 22.7. The Kier molecular flexibility index (Phi) is 1.91. The molecule has 2 heterocycles. The summed E-state index contributed by atoms with van der Waals surface area (Å²) in [5.41, 5.74) is 2.57. The number of nitrogens with zero attached hydrogens (tertiary/aromatic N) is 1. The Balaban J connectivity index is 2.31. The van der Waals surface area contributed by atoms with Crippen molar-refractivity contribution >= 4 is 12.1 Å². The second-order valence-electron chi connectivity index (χ2n) is 4.04. The van der Waals surface area contributed by atoms with Crippen LogP contribution in [0.3, 0.4) is 0 Å². The van der Waals surface area contributed by atoms with Crippen molar-refractivity contribution in [1.82, 2.24) is 5.43 Å². The lowest BCUT2D eigenvalue weighted by atomic mass is 10.0. The molecule has 0 spiro atoms. The molecule has 0 aliphatic carbocycles. The monoisotopic (exact) mass is 193 g/mol. The van der Waals surface area contributed by atoms with Gasteiger partial charge in [-0.3, -0.25) is 4.79 Å². The van der Waals surface area contributed by atoms with E-state index in [0.717, 1.165) is 5.76 Å². The first-order chi connectivity index (χ1) is 6.58. The van der Waals surface area contributed by atoms with E-state index in [1.165, 1.54) is 0 Å². The molecule has 1 saturated heterocycles. The average Bonchev–Trinajstić information content (AvgIpc) is 2.61. The van der Waals surface area contributed by atoms with Crippen LogP contribution in [0.4, 0.5) is 0 Å². The Labute approximate surface area is 82.2 Å². The fourth-order valence-electron chi connectivity index (χ4n) is 1.50. The summed E-state index contributed by atoms with van der Waals surface area (Å²) in [5.74, 6) is 0.776. The van der Waals surface area contributed by atoms with Gasteiger partial charge in [0.25, 0.3) is 5.91 Å². The first-order valence-electron chi connectivity index (χ1n) is 4.55. The van der Waals surface area contributed by atoms with Gasteiger partial charge >= 0.3 is 0 Å². The minimum absolute atomic E-state index is 0.0396. The highest BCUT2D eigenvalue weighted by Crippen LogP contribution is 2.18. The zero-order valence-electron chi connectivity index (χ0n) is 8.28. The van der Waals surface area contributed by atoms with Gasteiger partial charge in [0.2, 0.25) is 6.21 Å². The van der Waals surface area contributed by atoms with Crippen molar-refractivity contribution in [3.8, 4) is 0 Å². The summed E-state index contributed by atoms with van der Waals surface area (Å²) in [6.45, 7) is 4.01. The summed E-state index contributed by atoms with van der Waals surface area (Å²) in [4.78, 5) is 11.2. The van der Waals surface area contributed by atoms with Crippen LogP contribution in [-0.2, 0) is 4.79 Å². The smallest absolute Gasteiger partial charge is 0.281 e. The van der Waals surface area contributed by atoms with Crippen LogP contribution in [-0.4, -0.2) is 22.3 Å². The van der Waals surface area contributed by atoms with Gasteiger partial charge in [0.1, 0.15) is 0 Å². The Morgan fingerprint density at radius 3 is 2.93 bits per heavy atom. The van der Waals surface area contributed by atoms with Gasteiger partial charge in [-0.15, -0.1) is 10.1 Å². The molecule has 1 aromatic heterocycles. The molecule has 0 saturated carbocycles. The third-order valence-corrected chi connectivity index (χ3v) is 2.29. The maximum Gasteiger partial charge on any atom is 0.281 e. The molecular weight excluding hydrogens is 180 g/mol. The summed E-state index contributed by atoms with van der Waals surface area (Å²) in [5, 5.41) is 0. The maximum absolute atomic E-state index is 11.2. The van der Waals surface area contributed by atoms with Crippen molar-refractivity contribution in [2.45, 2.75) is 25.8 Å². The van der Waals surface area contributed by atoms with Gasteiger partial charge in [0.05, 0.1) is 12.7 Å². The quantitative estimate of drug-likeness (QED) is 0.674. The number of carbonyl (C=O) groups excluding carboxylic acids is 1. The number of hydrogen-bond donors (Lipinski definition) is 1. The van der Waals surface area contributed by atoms with Crippen molar-refractivity contribution in [3.63, 3.8) is 0 Å². The second-order valence-corrected chi connectivity index (χ2v) is 4.04. The van der Waals surface area contributed by atoms with E-state index in [9.17, 15) is 4.79 Å². The Morgan fingerprint density at radius 2 is 2.43 bits per heavy atom. The van der Waals surface area contributed by atoms with E-state index in [4.69, 9.17) is 4.42 Å². The van der Waals surface area contributed by atoms with E-state index in [1.807, 2.05) is 26.0 Å². The molecule has 1 aromatic rings. The molecule has 4 heteroatoms. The molecular formula is C10H13N2O2+. The van der Waals surface area contributed by atoms with E-state index in [-0.39, 0.29) is 11.4 Å². The SMILES string of the molecule is CC1(C)CC(=O)N/[N+]1=C/c1ccco1. The van der Waals surface area contributed by atoms with E-state index in [0.29, 0.717) is 6.42 Å². The van der Waals surface area contributed by atoms with Crippen LogP contribution in [0.2, 0.25) is 0 Å². The van der Waals surface area contributed by atoms with Gasteiger partial charge in [-0.2, -0.15) is 0 Å². The van der Waals surface area contributed by atoms with Crippen LogP contribution in [0.25, 0.3) is 0 Å². The predicted molar refractivity (Wildman–Crippen MR) is 51.0 cm³/mol. The zero-order valence-corrected chi connectivity index (χ0v) is 8.28. The van der Waals surface area contributed by atoms with Crippen molar-refractivity contribution in [3.05, 3.63) is 24.2 Å². The number of amides is 1. The fourth-order valence-corrected chi connectivity index (χ4v) is 1.50. The van der Waals surface area contributed by atoms with E-state index in [2.05, 4.69) is 5.43 Å². The van der Waals surface area contributed by atoms with Gasteiger partial charge in [-0.05, 0) is 12.1 Å². The standard InChI is InChI=1S/C10H12N2O2/c1-10(2)6-9(13)11-12(10)7-8-4-3-5-14-8/h3-5,7H,6H2,1-2H3/p+1/b12-7+. The van der Waals surface area contributed by atoms with Crippen LogP contribution < -0.4 is 5.43 Å². The lowest BCUT2D eigenvalue weighted by Gasteiger charge is -2.08. The molecule has 2 rings (SSSR count). The Morgan fingerprint density at radius 1 is 1.64 bits per heavy atom. The van der Waals surface area contributed by atoms with Crippen LogP contribution in [0.5, 0.6) is 0 Å². The molecule has 1 aliphatic heterocycles. The molecule has 0 bridgehead atoms. The molecule has 1 amide bonds. The number of nitrogens with one attached hydrogen (secondary N) is 1. The van der Waals surface area contributed by atoms with Crippen molar-refractivity contribution in [2.75, 3.05) is 0 Å². The van der Waals surface area contributed by atoms with Gasteiger partial charge in [-0.25, -0.2) is 0 Å². The Hall–Kier alpha value is -1.58. The van der Waals surface area contributed by atoms with Crippen molar-refractivity contribution in [1.29, 1.82) is 0 Å². The number of hydrogen-bond acceptors (Lipinski definition) is 2. The van der Waals surface area contributed by atoms with Gasteiger partial charge in [-0.1, -0.05) is 0 Å². The topological polar surface area (TPSA) is 45.2 Å². The molecule has 14 heavy (non-hydrogen) atoms. The van der Waals surface area contributed by atoms with E-state index >= 15 is 0 Å². The number of carbonyl (C=O) groups is 1. The summed E-state index contributed by atoms with van der Waals surface area (Å²) in [7, 11) is 0. The minimum atomic E-state index is -0.191. The summed E-state index contributed by atoms with van der Waals surface area (Å²) >= 11 is 0. The highest BCUT2D eigenvalue weighted by atomic mass is 16.3. The molecule has 0 aromatic carbocycles. The number of hydrazone groups is 1. The molecule has 1 N–H and O–H groups in total. The third kappa shape index (κ3) is 1.55. The highest BCUT2D eigenvalue weighted by Gasteiger charge is 2.42. The average molecular weight is 193 g/mol. The lowest BCUT2D eigenvalue weighted by Crippen LogP contribution is -2.36. The molecule has 74 valence electrons. The first-order valence-corrected chi connectivity index (χ1v) is 4.55. The van der Waals surface area contributed by atoms with Crippen LogP contribution >= 0.6 is 0 Å². The molecule has 4 nitrogen and oxygen atoms in total. The summed E-state index contributed by atoms with van der Waals surface area (Å²) in [6, 6.07) is 3.66. The summed E-state index contributed by atoms with van der Waals surface area (Å²) < 4.78 is 6.96. The van der Waals surface area contributed by atoms with Crippen LogP contribution in [0.15, 0.2) is 22.8 Å². The van der Waals surface area contributed by atoms with Crippen LogP contribution in [0, 0.1) is 0 Å². The number of furan rings is 1.